The molecule has 4 N–H and O–H groups in total. The van der Waals surface area contributed by atoms with Crippen molar-refractivity contribution >= 4 is 23.3 Å². The molecule has 0 aliphatic carbocycles. The van der Waals surface area contributed by atoms with E-state index in [1.54, 1.807) is 38.4 Å². The maximum atomic E-state index is 12.9. The van der Waals surface area contributed by atoms with Gasteiger partial charge >= 0.3 is 6.01 Å². The molecule has 13 nitrogen and oxygen atoms in total. The van der Waals surface area contributed by atoms with Gasteiger partial charge in [0.15, 0.2) is 23.3 Å². The summed E-state index contributed by atoms with van der Waals surface area (Å²) in [6, 6.07) is 9.19. The second kappa shape index (κ2) is 12.0. The van der Waals surface area contributed by atoms with Crippen LogP contribution in [0.2, 0.25) is 0 Å². The normalized spacial score (nSPS) is 13.9. The predicted molar refractivity (Wildman–Crippen MR) is 150 cm³/mol. The first-order chi connectivity index (χ1) is 19.5. The molecule has 1 atom stereocenters. The highest BCUT2D eigenvalue weighted by molar-refractivity contribution is 5.99. The summed E-state index contributed by atoms with van der Waals surface area (Å²) in [7, 11) is 6.18. The molecule has 1 aliphatic heterocycles. The van der Waals surface area contributed by atoms with Crippen molar-refractivity contribution in [2.45, 2.75) is 26.4 Å². The number of aromatic nitrogens is 2. The Bertz CT molecular complexity index is 1490. The number of nitrogens with two attached hydrogens (primary N) is 1. The van der Waals surface area contributed by atoms with E-state index in [1.165, 1.54) is 31.3 Å². The van der Waals surface area contributed by atoms with Crippen LogP contribution in [-0.2, 0) is 4.79 Å². The predicted octanol–water partition coefficient (Wildman–Crippen LogP) is 3.81. The van der Waals surface area contributed by atoms with Gasteiger partial charge in [-0.25, -0.2) is 0 Å². The smallest absolute Gasteiger partial charge is 0.328 e. The Morgan fingerprint density at radius 1 is 1.05 bits per heavy atom. The second-order valence-electron chi connectivity index (χ2n) is 9.80. The van der Waals surface area contributed by atoms with Gasteiger partial charge in [-0.2, -0.15) is 9.97 Å². The number of nitrogens with one attached hydrogen (secondary N) is 2. The molecule has 41 heavy (non-hydrogen) atoms. The van der Waals surface area contributed by atoms with Crippen molar-refractivity contribution in [1.29, 1.82) is 5.41 Å². The monoisotopic (exact) mass is 564 g/mol. The van der Waals surface area contributed by atoms with Crippen molar-refractivity contribution in [2.75, 3.05) is 33.6 Å². The molecule has 0 radical (unpaired) electrons. The number of hydrogen-bond donors (Lipinski definition) is 3. The average Bonchev–Trinajstić information content (AvgIpc) is 2.92. The van der Waals surface area contributed by atoms with Gasteiger partial charge in [-0.15, -0.1) is 0 Å². The summed E-state index contributed by atoms with van der Waals surface area (Å²) in [5.41, 5.74) is 6.45. The minimum absolute atomic E-state index is 0.0319. The molecular weight excluding hydrogens is 532 g/mol. The second-order valence-corrected chi connectivity index (χ2v) is 9.80. The van der Waals surface area contributed by atoms with E-state index < -0.39 is 6.10 Å². The Morgan fingerprint density at radius 3 is 2.41 bits per heavy atom. The van der Waals surface area contributed by atoms with Crippen molar-refractivity contribution < 1.29 is 33.3 Å². The number of benzene rings is 2. The molecule has 1 aliphatic rings. The van der Waals surface area contributed by atoms with Crippen molar-refractivity contribution in [1.82, 2.24) is 14.9 Å². The van der Waals surface area contributed by atoms with Gasteiger partial charge in [0.2, 0.25) is 5.88 Å². The number of methoxy groups -OCH3 is 2. The number of carbonyl (C=O) groups excluding carboxylic acids is 2. The molecule has 0 bridgehead atoms. The lowest BCUT2D eigenvalue weighted by atomic mass is 10.0. The zero-order chi connectivity index (χ0) is 29.8. The van der Waals surface area contributed by atoms with Gasteiger partial charge in [-0.1, -0.05) is 13.8 Å². The number of anilines is 1. The molecule has 1 unspecified atom stereocenters. The van der Waals surface area contributed by atoms with Gasteiger partial charge in [-0.3, -0.25) is 15.0 Å². The van der Waals surface area contributed by atoms with E-state index in [0.29, 0.717) is 29.0 Å². The first kappa shape index (κ1) is 28.9. The molecule has 0 fully saturated rings. The number of rotatable bonds is 10. The Kier molecular flexibility index (Phi) is 8.45. The molecule has 4 rings (SSSR count). The molecule has 0 saturated heterocycles. The average molecular weight is 565 g/mol. The third-order valence-electron chi connectivity index (χ3n) is 5.96. The third kappa shape index (κ3) is 6.57. The molecule has 0 saturated carbocycles. The minimum Gasteiger partial charge on any atom is -0.497 e. The molecule has 2 heterocycles. The van der Waals surface area contributed by atoms with Crippen LogP contribution in [0.5, 0.6) is 40.8 Å². The molecule has 216 valence electrons. The molecule has 3 aromatic rings. The fourth-order valence-electron chi connectivity index (χ4n) is 3.95. The number of ether oxygens (including phenoxy) is 5. The fraction of sp³-hybridized carbons (Fsp3) is 0.321. The van der Waals surface area contributed by atoms with E-state index >= 15 is 0 Å². The van der Waals surface area contributed by atoms with Gasteiger partial charge < -0.3 is 39.6 Å². The quantitative estimate of drug-likeness (QED) is 0.243. The van der Waals surface area contributed by atoms with Crippen LogP contribution in [0.4, 0.5) is 5.69 Å². The standard InChI is InChI=1S/C28H32N6O7/c1-14(2)9-21-24(35)31-22-25(39-18-11-16(27(36)34(3)4)10-17(13-18)37-5)32-28(33-26(22)40-21)41-20-12-15(23(29)30)7-8-19(20)38-6/h7-8,10-14,21H,9H2,1-6H3,(H3,29,30)(H,31,35). The SMILES string of the molecule is COc1cc(Oc2nc(Oc3cc(C(=N)N)ccc3OC)nc3c2NC(=O)C(CC(C)C)O3)cc(C(=O)N(C)C)c1. The molecule has 2 aromatic carbocycles. The zero-order valence-corrected chi connectivity index (χ0v) is 23.6. The first-order valence-corrected chi connectivity index (χ1v) is 12.7. The van der Waals surface area contributed by atoms with Crippen LogP contribution in [0.3, 0.4) is 0 Å². The fourth-order valence-corrected chi connectivity index (χ4v) is 3.95. The highest BCUT2D eigenvalue weighted by Gasteiger charge is 2.33. The van der Waals surface area contributed by atoms with E-state index in [2.05, 4.69) is 15.3 Å². The van der Waals surface area contributed by atoms with Gasteiger partial charge in [0.25, 0.3) is 17.7 Å². The topological polar surface area (TPSA) is 171 Å². The van der Waals surface area contributed by atoms with Crippen LogP contribution in [0, 0.1) is 11.3 Å². The summed E-state index contributed by atoms with van der Waals surface area (Å²) in [4.78, 5) is 35.7. The van der Waals surface area contributed by atoms with E-state index in [9.17, 15) is 9.59 Å². The number of carbonyl (C=O) groups is 2. The summed E-state index contributed by atoms with van der Waals surface area (Å²) in [6.45, 7) is 3.94. The van der Waals surface area contributed by atoms with Crippen LogP contribution in [0.15, 0.2) is 36.4 Å². The van der Waals surface area contributed by atoms with E-state index in [-0.39, 0.29) is 58.5 Å². The number of amidine groups is 1. The number of nitrogen functional groups attached to an aromatic ring is 1. The van der Waals surface area contributed by atoms with Crippen LogP contribution in [-0.4, -0.2) is 66.9 Å². The summed E-state index contributed by atoms with van der Waals surface area (Å²) in [6.07, 6.45) is -0.350. The lowest BCUT2D eigenvalue weighted by molar-refractivity contribution is -0.124. The van der Waals surface area contributed by atoms with Crippen molar-refractivity contribution in [3.8, 4) is 40.8 Å². The Morgan fingerprint density at radius 2 is 1.78 bits per heavy atom. The highest BCUT2D eigenvalue weighted by atomic mass is 16.5. The summed E-state index contributed by atoms with van der Waals surface area (Å²) < 4.78 is 28.8. The minimum atomic E-state index is -0.796. The number of fused-ring (bicyclic) bond motifs is 1. The lowest BCUT2D eigenvalue weighted by Gasteiger charge is -2.27. The number of amides is 2. The van der Waals surface area contributed by atoms with Crippen molar-refractivity contribution in [3.63, 3.8) is 0 Å². The number of nitrogens with zero attached hydrogens (tertiary/aromatic N) is 3. The van der Waals surface area contributed by atoms with Gasteiger partial charge in [0, 0.05) is 31.3 Å². The van der Waals surface area contributed by atoms with Crippen molar-refractivity contribution in [2.24, 2.45) is 11.7 Å². The summed E-state index contributed by atoms with van der Waals surface area (Å²) in [5.74, 6) is 0.386. The Balaban J connectivity index is 1.81. The van der Waals surface area contributed by atoms with Gasteiger partial charge in [0.1, 0.15) is 17.3 Å². The van der Waals surface area contributed by atoms with Crippen LogP contribution < -0.4 is 34.7 Å². The molecular formula is C28H32N6O7. The highest BCUT2D eigenvalue weighted by Crippen LogP contribution is 2.42. The molecule has 0 spiro atoms. The lowest BCUT2D eigenvalue weighted by Crippen LogP contribution is -2.38. The van der Waals surface area contributed by atoms with Crippen LogP contribution in [0.25, 0.3) is 0 Å². The van der Waals surface area contributed by atoms with Gasteiger partial charge in [-0.05, 0) is 42.7 Å². The van der Waals surface area contributed by atoms with Crippen molar-refractivity contribution in [3.05, 3.63) is 47.5 Å². The van der Waals surface area contributed by atoms with E-state index in [0.717, 1.165) is 0 Å². The Labute approximate surface area is 237 Å². The van der Waals surface area contributed by atoms with Crippen LogP contribution in [0.1, 0.15) is 36.2 Å². The molecule has 2 amide bonds. The van der Waals surface area contributed by atoms with Gasteiger partial charge in [0.05, 0.1) is 14.2 Å². The summed E-state index contributed by atoms with van der Waals surface area (Å²) in [5, 5.41) is 10.5. The maximum absolute atomic E-state index is 12.9. The molecule has 1 aromatic heterocycles. The maximum Gasteiger partial charge on any atom is 0.328 e. The third-order valence-corrected chi connectivity index (χ3v) is 5.96. The van der Waals surface area contributed by atoms with E-state index in [4.69, 9.17) is 34.8 Å². The molecule has 13 heteroatoms. The van der Waals surface area contributed by atoms with E-state index in [1.807, 2.05) is 13.8 Å². The Hall–Kier alpha value is -5.07. The first-order valence-electron chi connectivity index (χ1n) is 12.7. The number of hydrogen-bond acceptors (Lipinski definition) is 10. The summed E-state index contributed by atoms with van der Waals surface area (Å²) >= 11 is 0. The van der Waals surface area contributed by atoms with Crippen LogP contribution >= 0.6 is 0 Å². The largest absolute Gasteiger partial charge is 0.497 e. The zero-order valence-electron chi connectivity index (χ0n) is 23.6.